The molecule has 0 saturated heterocycles. The maximum Gasteiger partial charge on any atom is 0.343 e. The van der Waals surface area contributed by atoms with Gasteiger partial charge in [-0.2, -0.15) is 5.10 Å². The summed E-state index contributed by atoms with van der Waals surface area (Å²) in [5.74, 6) is 0.435. The first kappa shape index (κ1) is 21.5. The first-order chi connectivity index (χ1) is 16.6. The van der Waals surface area contributed by atoms with Gasteiger partial charge in [0.05, 0.1) is 11.8 Å². The van der Waals surface area contributed by atoms with Gasteiger partial charge in [0.2, 0.25) is 6.79 Å². The molecule has 0 atom stereocenters. The third kappa shape index (κ3) is 4.42. The molecule has 0 bridgehead atoms. The Bertz CT molecular complexity index is 1430. The van der Waals surface area contributed by atoms with E-state index in [1.807, 2.05) is 30.3 Å². The van der Waals surface area contributed by atoms with E-state index in [2.05, 4.69) is 10.5 Å². The van der Waals surface area contributed by atoms with Crippen LogP contribution in [-0.4, -0.2) is 24.9 Å². The van der Waals surface area contributed by atoms with Crippen LogP contribution in [0.4, 0.5) is 0 Å². The van der Waals surface area contributed by atoms with Crippen molar-refractivity contribution in [3.63, 3.8) is 0 Å². The summed E-state index contributed by atoms with van der Waals surface area (Å²) in [5, 5.41) is 6.37. The third-order valence-electron chi connectivity index (χ3n) is 5.21. The normalized spacial score (nSPS) is 12.1. The second-order valence-electron chi connectivity index (χ2n) is 7.36. The molecule has 168 valence electrons. The second kappa shape index (κ2) is 9.25. The summed E-state index contributed by atoms with van der Waals surface area (Å²) >= 11 is 5.90. The fourth-order valence-electron chi connectivity index (χ4n) is 3.50. The van der Waals surface area contributed by atoms with Crippen LogP contribution >= 0.6 is 11.6 Å². The summed E-state index contributed by atoms with van der Waals surface area (Å²) in [6, 6.07) is 22.4. The quantitative estimate of drug-likeness (QED) is 0.186. The highest BCUT2D eigenvalue weighted by atomic mass is 35.5. The number of rotatable bonds is 5. The van der Waals surface area contributed by atoms with Gasteiger partial charge >= 0.3 is 5.97 Å². The molecule has 1 aliphatic heterocycles. The largest absolute Gasteiger partial charge is 0.454 e. The van der Waals surface area contributed by atoms with Crippen molar-refractivity contribution >= 4 is 40.5 Å². The topological polar surface area (TPSA) is 86.2 Å². The number of benzene rings is 4. The molecular formula is C26H17ClN2O5. The Morgan fingerprint density at radius 1 is 0.912 bits per heavy atom. The molecule has 1 aliphatic rings. The van der Waals surface area contributed by atoms with Gasteiger partial charge in [-0.1, -0.05) is 41.9 Å². The summed E-state index contributed by atoms with van der Waals surface area (Å²) in [5.41, 5.74) is 3.78. The van der Waals surface area contributed by atoms with Crippen LogP contribution in [0.25, 0.3) is 10.8 Å². The average molecular weight is 473 g/mol. The van der Waals surface area contributed by atoms with Crippen molar-refractivity contribution in [2.24, 2.45) is 5.10 Å². The first-order valence-corrected chi connectivity index (χ1v) is 10.7. The van der Waals surface area contributed by atoms with Gasteiger partial charge in [-0.05, 0) is 59.3 Å². The van der Waals surface area contributed by atoms with E-state index in [1.54, 1.807) is 48.5 Å². The van der Waals surface area contributed by atoms with Gasteiger partial charge in [-0.15, -0.1) is 0 Å². The molecule has 4 aromatic rings. The predicted octanol–water partition coefficient (Wildman–Crippen LogP) is 5.21. The average Bonchev–Trinajstić information content (AvgIpc) is 3.33. The summed E-state index contributed by atoms with van der Waals surface area (Å²) in [4.78, 5) is 25.2. The molecule has 8 heteroatoms. The van der Waals surface area contributed by atoms with Crippen molar-refractivity contribution in [1.82, 2.24) is 5.43 Å². The maximum absolute atomic E-state index is 12.7. The standard InChI is InChI=1S/C26H17ClN2O5/c27-19-9-5-17(6-10-19)26(31)34-22-11-7-16-3-1-2-4-20(16)21(22)14-28-29-25(30)18-8-12-23-24(13-18)33-15-32-23/h1-14H,15H2,(H,29,30)/b28-14+. The van der Waals surface area contributed by atoms with Crippen molar-refractivity contribution < 1.29 is 23.8 Å². The van der Waals surface area contributed by atoms with E-state index in [4.69, 9.17) is 25.8 Å². The van der Waals surface area contributed by atoms with Gasteiger partial charge in [0, 0.05) is 16.1 Å². The molecule has 0 saturated carbocycles. The number of amides is 1. The van der Waals surface area contributed by atoms with Gasteiger partial charge < -0.3 is 14.2 Å². The molecule has 0 aromatic heterocycles. The van der Waals surface area contributed by atoms with Crippen LogP contribution < -0.4 is 19.6 Å². The Kier molecular flexibility index (Phi) is 5.84. The smallest absolute Gasteiger partial charge is 0.343 e. The molecule has 0 fully saturated rings. The molecule has 1 amide bonds. The Labute approximate surface area is 199 Å². The lowest BCUT2D eigenvalue weighted by atomic mass is 10.0. The SMILES string of the molecule is O=C(N/N=C/c1c(OC(=O)c2ccc(Cl)cc2)ccc2ccccc12)c1ccc2c(c1)OCO2. The lowest BCUT2D eigenvalue weighted by Gasteiger charge is -2.10. The molecule has 0 radical (unpaired) electrons. The summed E-state index contributed by atoms with van der Waals surface area (Å²) in [6.45, 7) is 0.122. The lowest BCUT2D eigenvalue weighted by molar-refractivity contribution is 0.0734. The minimum atomic E-state index is -0.536. The van der Waals surface area contributed by atoms with E-state index >= 15 is 0 Å². The molecule has 34 heavy (non-hydrogen) atoms. The highest BCUT2D eigenvalue weighted by molar-refractivity contribution is 6.30. The number of nitrogens with zero attached hydrogens (tertiary/aromatic N) is 1. The van der Waals surface area contributed by atoms with E-state index < -0.39 is 11.9 Å². The van der Waals surface area contributed by atoms with E-state index in [9.17, 15) is 9.59 Å². The van der Waals surface area contributed by atoms with E-state index in [1.165, 1.54) is 6.21 Å². The van der Waals surface area contributed by atoms with Gasteiger partial charge in [0.15, 0.2) is 11.5 Å². The zero-order valence-electron chi connectivity index (χ0n) is 17.7. The van der Waals surface area contributed by atoms with Crippen molar-refractivity contribution in [1.29, 1.82) is 0 Å². The van der Waals surface area contributed by atoms with Crippen LogP contribution in [0.2, 0.25) is 5.02 Å². The highest BCUT2D eigenvalue weighted by Crippen LogP contribution is 2.32. The highest BCUT2D eigenvalue weighted by Gasteiger charge is 2.17. The number of hydrazone groups is 1. The van der Waals surface area contributed by atoms with Crippen LogP contribution in [0.3, 0.4) is 0 Å². The zero-order chi connectivity index (χ0) is 23.5. The molecule has 7 nitrogen and oxygen atoms in total. The van der Waals surface area contributed by atoms with Crippen molar-refractivity contribution in [3.05, 3.63) is 101 Å². The predicted molar refractivity (Wildman–Crippen MR) is 128 cm³/mol. The van der Waals surface area contributed by atoms with Crippen LogP contribution in [0.5, 0.6) is 17.2 Å². The Morgan fingerprint density at radius 3 is 2.53 bits per heavy atom. The fourth-order valence-corrected chi connectivity index (χ4v) is 3.63. The zero-order valence-corrected chi connectivity index (χ0v) is 18.4. The molecule has 0 unspecified atom stereocenters. The Balaban J connectivity index is 1.40. The van der Waals surface area contributed by atoms with Gasteiger partial charge in [-0.25, -0.2) is 10.2 Å². The van der Waals surface area contributed by atoms with Crippen molar-refractivity contribution in [2.45, 2.75) is 0 Å². The summed E-state index contributed by atoms with van der Waals surface area (Å²) < 4.78 is 16.2. The third-order valence-corrected chi connectivity index (χ3v) is 5.46. The lowest BCUT2D eigenvalue weighted by Crippen LogP contribution is -2.17. The number of hydrogen-bond donors (Lipinski definition) is 1. The number of carbonyl (C=O) groups is 2. The van der Waals surface area contributed by atoms with Gasteiger partial charge in [-0.3, -0.25) is 4.79 Å². The fraction of sp³-hybridized carbons (Fsp3) is 0.0385. The minimum absolute atomic E-state index is 0.122. The van der Waals surface area contributed by atoms with E-state index in [-0.39, 0.29) is 6.79 Å². The van der Waals surface area contributed by atoms with Crippen LogP contribution in [-0.2, 0) is 0 Å². The van der Waals surface area contributed by atoms with Gasteiger partial charge in [0.1, 0.15) is 5.75 Å². The van der Waals surface area contributed by atoms with Crippen molar-refractivity contribution in [3.8, 4) is 17.2 Å². The molecule has 1 heterocycles. The number of halogens is 1. The Hall–Kier alpha value is -4.36. The maximum atomic E-state index is 12.7. The van der Waals surface area contributed by atoms with Gasteiger partial charge in [0.25, 0.3) is 5.91 Å². The van der Waals surface area contributed by atoms with E-state index in [0.717, 1.165) is 10.8 Å². The van der Waals surface area contributed by atoms with Crippen LogP contribution in [0.1, 0.15) is 26.3 Å². The molecule has 0 aliphatic carbocycles. The summed E-state index contributed by atoms with van der Waals surface area (Å²) in [7, 11) is 0. The second-order valence-corrected chi connectivity index (χ2v) is 7.80. The minimum Gasteiger partial charge on any atom is -0.454 e. The first-order valence-electron chi connectivity index (χ1n) is 10.3. The number of esters is 1. The molecular weight excluding hydrogens is 456 g/mol. The van der Waals surface area contributed by atoms with Crippen molar-refractivity contribution in [2.75, 3.05) is 6.79 Å². The number of hydrogen-bond acceptors (Lipinski definition) is 6. The number of fused-ring (bicyclic) bond motifs is 2. The monoisotopic (exact) mass is 472 g/mol. The molecule has 1 N–H and O–H groups in total. The molecule has 5 rings (SSSR count). The number of ether oxygens (including phenoxy) is 3. The van der Waals surface area contributed by atoms with E-state index in [0.29, 0.717) is 39.0 Å². The van der Waals surface area contributed by atoms with Crippen LogP contribution in [0, 0.1) is 0 Å². The Morgan fingerprint density at radius 2 is 1.68 bits per heavy atom. The number of carbonyl (C=O) groups excluding carboxylic acids is 2. The number of nitrogens with one attached hydrogen (secondary N) is 1. The molecule has 4 aromatic carbocycles. The van der Waals surface area contributed by atoms with Crippen LogP contribution in [0.15, 0.2) is 84.0 Å². The molecule has 0 spiro atoms. The summed E-state index contributed by atoms with van der Waals surface area (Å²) in [6.07, 6.45) is 1.46.